The van der Waals surface area contributed by atoms with Crippen LogP contribution in [0, 0.1) is 0 Å². The monoisotopic (exact) mass is 354 g/mol. The molecule has 5 heteroatoms. The van der Waals surface area contributed by atoms with Gasteiger partial charge in [-0.3, -0.25) is 0 Å². The number of halogens is 2. The highest BCUT2D eigenvalue weighted by Crippen LogP contribution is 2.27. The van der Waals surface area contributed by atoms with Crippen molar-refractivity contribution in [2.45, 2.75) is 19.6 Å². The Hall–Kier alpha value is -1.26. The molecule has 23 heavy (non-hydrogen) atoms. The third-order valence-electron chi connectivity index (χ3n) is 3.65. The Kier molecular flexibility index (Phi) is 7.18. The SMILES string of the molecule is CC[NH+](Cc1ccccc1)C[C@@H](O)COc1ccc(Cl)cc1Cl. The number of quaternary nitrogens is 1. The molecule has 2 rings (SSSR count). The van der Waals surface area contributed by atoms with Crippen LogP contribution in [0.15, 0.2) is 48.5 Å². The number of aliphatic hydroxyl groups excluding tert-OH is 1. The summed E-state index contributed by atoms with van der Waals surface area (Å²) in [5.74, 6) is 0.538. The summed E-state index contributed by atoms with van der Waals surface area (Å²) < 4.78 is 5.60. The fourth-order valence-electron chi connectivity index (χ4n) is 2.40. The standard InChI is InChI=1S/C18H21Cl2NO2/c1-2-21(11-14-6-4-3-5-7-14)12-16(22)13-23-18-9-8-15(19)10-17(18)20/h3-10,16,22H,2,11-13H2,1H3/p+1/t16-/m1/s1. The molecule has 2 aromatic carbocycles. The molecule has 3 nitrogen and oxygen atoms in total. The van der Waals surface area contributed by atoms with Gasteiger partial charge in [0.05, 0.1) is 11.6 Å². The molecule has 0 fully saturated rings. The second-order valence-electron chi connectivity index (χ2n) is 5.51. The van der Waals surface area contributed by atoms with Crippen LogP contribution in [-0.4, -0.2) is 30.9 Å². The molecule has 0 aliphatic carbocycles. The molecule has 2 atom stereocenters. The number of nitrogens with one attached hydrogen (secondary N) is 1. The highest BCUT2D eigenvalue weighted by Gasteiger charge is 2.15. The smallest absolute Gasteiger partial charge is 0.138 e. The quantitative estimate of drug-likeness (QED) is 0.764. The maximum absolute atomic E-state index is 10.2. The zero-order chi connectivity index (χ0) is 16.7. The third-order valence-corrected chi connectivity index (χ3v) is 4.18. The average molecular weight is 355 g/mol. The molecule has 0 aliphatic rings. The van der Waals surface area contributed by atoms with Crippen LogP contribution in [0.1, 0.15) is 12.5 Å². The highest BCUT2D eigenvalue weighted by atomic mass is 35.5. The summed E-state index contributed by atoms with van der Waals surface area (Å²) in [5.41, 5.74) is 1.26. The van der Waals surface area contributed by atoms with Gasteiger partial charge in [-0.2, -0.15) is 0 Å². The lowest BCUT2D eigenvalue weighted by molar-refractivity contribution is -0.915. The van der Waals surface area contributed by atoms with Gasteiger partial charge in [-0.15, -0.1) is 0 Å². The highest BCUT2D eigenvalue weighted by molar-refractivity contribution is 6.35. The first kappa shape index (κ1) is 18.1. The molecule has 0 amide bonds. The van der Waals surface area contributed by atoms with Gasteiger partial charge >= 0.3 is 0 Å². The molecule has 0 saturated carbocycles. The normalized spacial score (nSPS) is 13.6. The van der Waals surface area contributed by atoms with Crippen LogP contribution in [0.4, 0.5) is 0 Å². The fourth-order valence-corrected chi connectivity index (χ4v) is 2.86. The zero-order valence-electron chi connectivity index (χ0n) is 13.1. The Bertz CT molecular complexity index is 607. The molecule has 0 bridgehead atoms. The summed E-state index contributed by atoms with van der Waals surface area (Å²) in [6, 6.07) is 15.3. The molecule has 2 aromatic rings. The summed E-state index contributed by atoms with van der Waals surface area (Å²) in [7, 11) is 0. The second-order valence-corrected chi connectivity index (χ2v) is 6.35. The fraction of sp³-hybridized carbons (Fsp3) is 0.333. The molecule has 0 spiro atoms. The number of likely N-dealkylation sites (N-methyl/N-ethyl adjacent to an activating group) is 1. The minimum absolute atomic E-state index is 0.208. The molecule has 124 valence electrons. The maximum atomic E-state index is 10.2. The second kappa shape index (κ2) is 9.14. The Morgan fingerprint density at radius 3 is 2.52 bits per heavy atom. The lowest BCUT2D eigenvalue weighted by atomic mass is 10.2. The Labute approximate surface area is 147 Å². The number of hydrogen-bond donors (Lipinski definition) is 2. The summed E-state index contributed by atoms with van der Waals surface area (Å²) in [4.78, 5) is 1.30. The van der Waals surface area contributed by atoms with E-state index in [2.05, 4.69) is 19.1 Å². The summed E-state index contributed by atoms with van der Waals surface area (Å²) in [6.07, 6.45) is -0.555. The maximum Gasteiger partial charge on any atom is 0.138 e. The topological polar surface area (TPSA) is 33.9 Å². The van der Waals surface area contributed by atoms with E-state index in [-0.39, 0.29) is 6.61 Å². The third kappa shape index (κ3) is 6.04. The van der Waals surface area contributed by atoms with Crippen LogP contribution in [0.25, 0.3) is 0 Å². The Morgan fingerprint density at radius 2 is 1.87 bits per heavy atom. The van der Waals surface area contributed by atoms with E-state index in [1.54, 1.807) is 18.2 Å². The van der Waals surface area contributed by atoms with Gasteiger partial charge in [-0.1, -0.05) is 53.5 Å². The van der Waals surface area contributed by atoms with Crippen molar-refractivity contribution >= 4 is 23.2 Å². The molecule has 0 aliphatic heterocycles. The van der Waals surface area contributed by atoms with Crippen molar-refractivity contribution in [3.63, 3.8) is 0 Å². The van der Waals surface area contributed by atoms with Crippen LogP contribution in [0.3, 0.4) is 0 Å². The Balaban J connectivity index is 1.83. The van der Waals surface area contributed by atoms with Crippen molar-refractivity contribution in [1.82, 2.24) is 0 Å². The number of rotatable bonds is 8. The molecule has 0 saturated heterocycles. The van der Waals surface area contributed by atoms with Gasteiger partial charge in [0.15, 0.2) is 0 Å². The van der Waals surface area contributed by atoms with E-state index in [4.69, 9.17) is 27.9 Å². The van der Waals surface area contributed by atoms with E-state index in [0.29, 0.717) is 22.3 Å². The number of benzene rings is 2. The van der Waals surface area contributed by atoms with Crippen molar-refractivity contribution in [1.29, 1.82) is 0 Å². The van der Waals surface area contributed by atoms with E-state index in [1.165, 1.54) is 10.5 Å². The largest absolute Gasteiger partial charge is 0.489 e. The van der Waals surface area contributed by atoms with Crippen LogP contribution in [0.5, 0.6) is 5.75 Å². The molecular weight excluding hydrogens is 333 g/mol. The summed E-state index contributed by atoms with van der Waals surface area (Å²) >= 11 is 11.9. The van der Waals surface area contributed by atoms with Crippen molar-refractivity contribution in [3.05, 3.63) is 64.1 Å². The van der Waals surface area contributed by atoms with Gasteiger partial charge in [0.25, 0.3) is 0 Å². The first-order valence-electron chi connectivity index (χ1n) is 7.72. The average Bonchev–Trinajstić information content (AvgIpc) is 2.54. The molecule has 0 heterocycles. The van der Waals surface area contributed by atoms with E-state index in [1.807, 2.05) is 18.2 Å². The summed E-state index contributed by atoms with van der Waals surface area (Å²) in [5, 5.41) is 11.2. The van der Waals surface area contributed by atoms with Crippen molar-refractivity contribution in [3.8, 4) is 5.75 Å². The van der Waals surface area contributed by atoms with Crippen molar-refractivity contribution in [2.75, 3.05) is 19.7 Å². The molecule has 0 radical (unpaired) electrons. The zero-order valence-corrected chi connectivity index (χ0v) is 14.6. The van der Waals surface area contributed by atoms with Crippen LogP contribution in [-0.2, 0) is 6.54 Å². The number of ether oxygens (including phenoxy) is 1. The first-order valence-corrected chi connectivity index (χ1v) is 8.47. The van der Waals surface area contributed by atoms with E-state index in [9.17, 15) is 5.11 Å². The summed E-state index contributed by atoms with van der Waals surface area (Å²) in [6.45, 7) is 4.77. The lowest BCUT2D eigenvalue weighted by Crippen LogP contribution is -3.11. The van der Waals surface area contributed by atoms with Crippen LogP contribution < -0.4 is 9.64 Å². The molecule has 1 unspecified atom stereocenters. The minimum Gasteiger partial charge on any atom is -0.489 e. The molecule has 2 N–H and O–H groups in total. The van der Waals surface area contributed by atoms with Gasteiger partial charge in [0.2, 0.25) is 0 Å². The van der Waals surface area contributed by atoms with Gasteiger partial charge in [0, 0.05) is 10.6 Å². The van der Waals surface area contributed by atoms with E-state index < -0.39 is 6.10 Å². The van der Waals surface area contributed by atoms with Gasteiger partial charge in [0.1, 0.15) is 31.5 Å². The van der Waals surface area contributed by atoms with Crippen LogP contribution in [0.2, 0.25) is 10.0 Å². The molecular formula is C18H22Cl2NO2+. The van der Waals surface area contributed by atoms with E-state index in [0.717, 1.165) is 13.1 Å². The predicted molar refractivity (Wildman–Crippen MR) is 94.5 cm³/mol. The predicted octanol–water partition coefficient (Wildman–Crippen LogP) is 2.84. The molecule has 0 aromatic heterocycles. The van der Waals surface area contributed by atoms with E-state index >= 15 is 0 Å². The number of hydrogen-bond acceptors (Lipinski definition) is 2. The number of aliphatic hydroxyl groups is 1. The minimum atomic E-state index is -0.555. The van der Waals surface area contributed by atoms with Crippen molar-refractivity contribution < 1.29 is 14.7 Å². The van der Waals surface area contributed by atoms with Gasteiger partial charge < -0.3 is 14.7 Å². The van der Waals surface area contributed by atoms with Crippen LogP contribution >= 0.6 is 23.2 Å². The first-order chi connectivity index (χ1) is 11.1. The Morgan fingerprint density at radius 1 is 1.13 bits per heavy atom. The van der Waals surface area contributed by atoms with Gasteiger partial charge in [-0.05, 0) is 25.1 Å². The lowest BCUT2D eigenvalue weighted by Gasteiger charge is -2.21. The van der Waals surface area contributed by atoms with Crippen molar-refractivity contribution in [2.24, 2.45) is 0 Å². The van der Waals surface area contributed by atoms with Gasteiger partial charge in [-0.25, -0.2) is 0 Å².